The normalized spacial score (nSPS) is 16.5. The van der Waals surface area contributed by atoms with Gasteiger partial charge in [-0.3, -0.25) is 9.59 Å². The van der Waals surface area contributed by atoms with Crippen LogP contribution in [0.15, 0.2) is 35.4 Å². The molecule has 7 nitrogen and oxygen atoms in total. The van der Waals surface area contributed by atoms with Crippen molar-refractivity contribution in [3.63, 3.8) is 0 Å². The van der Waals surface area contributed by atoms with Gasteiger partial charge in [-0.1, -0.05) is 17.7 Å². The number of rotatable bonds is 5. The van der Waals surface area contributed by atoms with Gasteiger partial charge in [-0.2, -0.15) is 5.10 Å². The van der Waals surface area contributed by atoms with Crippen molar-refractivity contribution in [2.24, 2.45) is 5.10 Å². The van der Waals surface area contributed by atoms with E-state index in [1.807, 2.05) is 19.9 Å². The van der Waals surface area contributed by atoms with Crippen molar-refractivity contribution in [2.75, 3.05) is 13.2 Å². The number of aryl methyl sites for hydroxylation is 2. The van der Waals surface area contributed by atoms with E-state index in [1.165, 1.54) is 5.56 Å². The zero-order valence-electron chi connectivity index (χ0n) is 16.5. The molecule has 1 fully saturated rings. The fourth-order valence-corrected chi connectivity index (χ4v) is 3.31. The van der Waals surface area contributed by atoms with Gasteiger partial charge in [0, 0.05) is 35.8 Å². The monoisotopic (exact) mass is 382 g/mol. The van der Waals surface area contributed by atoms with Gasteiger partial charge < -0.3 is 14.6 Å². The van der Waals surface area contributed by atoms with Crippen LogP contribution in [0, 0.1) is 20.8 Å². The molecule has 28 heavy (non-hydrogen) atoms. The third-order valence-corrected chi connectivity index (χ3v) is 4.85. The van der Waals surface area contributed by atoms with Gasteiger partial charge in [0.05, 0.1) is 12.3 Å². The van der Waals surface area contributed by atoms with Crippen LogP contribution in [0.25, 0.3) is 5.69 Å². The summed E-state index contributed by atoms with van der Waals surface area (Å²) in [6, 6.07) is 10.3. The SMILES string of the molecule is Cc1ccc(-n2c(C)cc(/C=N\NC(=O)C(=O)NC[C@H]3CCCO3)c2C)cc1. The van der Waals surface area contributed by atoms with Crippen LogP contribution in [0.5, 0.6) is 0 Å². The maximum atomic E-state index is 11.9. The minimum atomic E-state index is -0.790. The van der Waals surface area contributed by atoms with E-state index < -0.39 is 11.8 Å². The summed E-state index contributed by atoms with van der Waals surface area (Å²) < 4.78 is 7.54. The van der Waals surface area contributed by atoms with Crippen LogP contribution in [0.2, 0.25) is 0 Å². The molecule has 1 aromatic carbocycles. The molecule has 0 unspecified atom stereocenters. The lowest BCUT2D eigenvalue weighted by Crippen LogP contribution is -2.41. The third kappa shape index (κ3) is 4.67. The Hall–Kier alpha value is -2.93. The van der Waals surface area contributed by atoms with Crippen LogP contribution >= 0.6 is 0 Å². The van der Waals surface area contributed by atoms with E-state index in [4.69, 9.17) is 4.74 Å². The lowest BCUT2D eigenvalue weighted by atomic mass is 10.2. The highest BCUT2D eigenvalue weighted by atomic mass is 16.5. The Labute approximate surface area is 164 Å². The molecule has 2 N–H and O–H groups in total. The van der Waals surface area contributed by atoms with Gasteiger partial charge >= 0.3 is 11.8 Å². The molecular formula is C21H26N4O3. The lowest BCUT2D eigenvalue weighted by Gasteiger charge is -2.10. The second kappa shape index (κ2) is 8.84. The maximum Gasteiger partial charge on any atom is 0.329 e. The van der Waals surface area contributed by atoms with Crippen LogP contribution in [0.3, 0.4) is 0 Å². The van der Waals surface area contributed by atoms with E-state index in [0.717, 1.165) is 35.5 Å². The summed E-state index contributed by atoms with van der Waals surface area (Å²) in [5, 5.41) is 6.51. The maximum absolute atomic E-state index is 11.9. The van der Waals surface area contributed by atoms with E-state index >= 15 is 0 Å². The number of nitrogens with one attached hydrogen (secondary N) is 2. The van der Waals surface area contributed by atoms with Crippen LogP contribution in [0.4, 0.5) is 0 Å². The number of carbonyl (C=O) groups is 2. The highest BCUT2D eigenvalue weighted by Gasteiger charge is 2.19. The number of hydrazone groups is 1. The fraction of sp³-hybridized carbons (Fsp3) is 0.381. The summed E-state index contributed by atoms with van der Waals surface area (Å²) in [4.78, 5) is 23.7. The summed E-state index contributed by atoms with van der Waals surface area (Å²) in [5.74, 6) is -1.50. The average Bonchev–Trinajstić information content (AvgIpc) is 3.29. The predicted octanol–water partition coefficient (Wildman–Crippen LogP) is 2.15. The van der Waals surface area contributed by atoms with Crippen LogP contribution in [0.1, 0.15) is 35.4 Å². The number of aromatic nitrogens is 1. The number of nitrogens with zero attached hydrogens (tertiary/aromatic N) is 2. The first-order valence-corrected chi connectivity index (χ1v) is 9.44. The highest BCUT2D eigenvalue weighted by molar-refractivity contribution is 6.35. The molecular weight excluding hydrogens is 356 g/mol. The summed E-state index contributed by atoms with van der Waals surface area (Å²) in [6.45, 7) is 7.11. The standard InChI is InChI=1S/C21H26N4O3/c1-14-6-8-18(9-7-14)25-15(2)11-17(16(25)3)12-23-24-21(27)20(26)22-13-19-5-4-10-28-19/h6-9,11-12,19H,4-5,10,13H2,1-3H3,(H,22,26)(H,24,27)/b23-12-/t19-/m1/s1. The fourth-order valence-electron chi connectivity index (χ4n) is 3.31. The Bertz CT molecular complexity index is 878. The zero-order valence-corrected chi connectivity index (χ0v) is 16.5. The number of hydrogen-bond acceptors (Lipinski definition) is 4. The van der Waals surface area contributed by atoms with E-state index in [0.29, 0.717) is 13.2 Å². The largest absolute Gasteiger partial charge is 0.376 e. The van der Waals surface area contributed by atoms with Gasteiger partial charge in [-0.05, 0) is 51.8 Å². The molecule has 1 aromatic heterocycles. The first-order valence-electron chi connectivity index (χ1n) is 9.44. The van der Waals surface area contributed by atoms with Crippen molar-refractivity contribution in [1.82, 2.24) is 15.3 Å². The molecule has 2 heterocycles. The smallest absolute Gasteiger partial charge is 0.329 e. The zero-order chi connectivity index (χ0) is 20.1. The summed E-state index contributed by atoms with van der Waals surface area (Å²) >= 11 is 0. The minimum absolute atomic E-state index is 0.00702. The number of hydrogen-bond donors (Lipinski definition) is 2. The molecule has 0 aliphatic carbocycles. The average molecular weight is 382 g/mol. The summed E-state index contributed by atoms with van der Waals surface area (Å²) in [5.41, 5.74) is 7.48. The molecule has 1 aliphatic rings. The number of amides is 2. The van der Waals surface area contributed by atoms with E-state index in [1.54, 1.807) is 6.21 Å². The molecule has 2 amide bonds. The molecule has 0 radical (unpaired) electrons. The number of carbonyl (C=O) groups excluding carboxylic acids is 2. The minimum Gasteiger partial charge on any atom is -0.376 e. The van der Waals surface area contributed by atoms with E-state index in [9.17, 15) is 9.59 Å². The van der Waals surface area contributed by atoms with E-state index in [2.05, 4.69) is 51.6 Å². The molecule has 148 valence electrons. The molecule has 7 heteroatoms. The van der Waals surface area contributed by atoms with Crippen molar-refractivity contribution in [3.8, 4) is 5.69 Å². The molecule has 2 aromatic rings. The van der Waals surface area contributed by atoms with Gasteiger partial charge in [-0.25, -0.2) is 5.43 Å². The van der Waals surface area contributed by atoms with Crippen LogP contribution in [-0.4, -0.2) is 41.9 Å². The quantitative estimate of drug-likeness (QED) is 0.472. The van der Waals surface area contributed by atoms with E-state index in [-0.39, 0.29) is 6.10 Å². The van der Waals surface area contributed by atoms with Crippen molar-refractivity contribution in [2.45, 2.75) is 39.7 Å². The van der Waals surface area contributed by atoms with Gasteiger partial charge in [0.15, 0.2) is 0 Å². The summed E-state index contributed by atoms with van der Waals surface area (Å²) in [7, 11) is 0. The van der Waals surface area contributed by atoms with Crippen LogP contribution in [-0.2, 0) is 14.3 Å². The molecule has 0 bridgehead atoms. The molecule has 0 saturated carbocycles. The highest BCUT2D eigenvalue weighted by Crippen LogP contribution is 2.20. The second-order valence-electron chi connectivity index (χ2n) is 7.04. The molecule has 1 aliphatic heterocycles. The van der Waals surface area contributed by atoms with Gasteiger partial charge in [0.25, 0.3) is 0 Å². The third-order valence-electron chi connectivity index (χ3n) is 4.85. The van der Waals surface area contributed by atoms with Crippen LogP contribution < -0.4 is 10.7 Å². The lowest BCUT2D eigenvalue weighted by molar-refractivity contribution is -0.139. The van der Waals surface area contributed by atoms with Crippen molar-refractivity contribution in [3.05, 3.63) is 52.8 Å². The molecule has 1 atom stereocenters. The Balaban J connectivity index is 1.59. The van der Waals surface area contributed by atoms with Gasteiger partial charge in [0.2, 0.25) is 0 Å². The Morgan fingerprint density at radius 1 is 1.21 bits per heavy atom. The predicted molar refractivity (Wildman–Crippen MR) is 108 cm³/mol. The Morgan fingerprint density at radius 2 is 1.96 bits per heavy atom. The first-order chi connectivity index (χ1) is 13.5. The second-order valence-corrected chi connectivity index (χ2v) is 7.04. The Kier molecular flexibility index (Phi) is 6.26. The van der Waals surface area contributed by atoms with Gasteiger partial charge in [0.1, 0.15) is 0 Å². The molecule has 1 saturated heterocycles. The van der Waals surface area contributed by atoms with Gasteiger partial charge in [-0.15, -0.1) is 0 Å². The molecule has 3 rings (SSSR count). The van der Waals surface area contributed by atoms with Crippen molar-refractivity contribution >= 4 is 18.0 Å². The summed E-state index contributed by atoms with van der Waals surface area (Å²) in [6.07, 6.45) is 3.43. The Morgan fingerprint density at radius 3 is 2.64 bits per heavy atom. The van der Waals surface area contributed by atoms with Crippen molar-refractivity contribution in [1.29, 1.82) is 0 Å². The van der Waals surface area contributed by atoms with Crippen molar-refractivity contribution < 1.29 is 14.3 Å². The topological polar surface area (TPSA) is 84.7 Å². The number of ether oxygens (including phenoxy) is 1. The molecule has 0 spiro atoms. The first kappa shape index (κ1) is 19.8. The number of benzene rings is 1.